The Morgan fingerprint density at radius 3 is 1.61 bits per heavy atom. The number of aryl methyl sites for hydroxylation is 1. The van der Waals surface area contributed by atoms with Crippen LogP contribution >= 0.6 is 0 Å². The summed E-state index contributed by atoms with van der Waals surface area (Å²) in [5.74, 6) is 0.743. The van der Waals surface area contributed by atoms with E-state index in [1.807, 2.05) is 0 Å². The summed E-state index contributed by atoms with van der Waals surface area (Å²) in [4.78, 5) is 0. The van der Waals surface area contributed by atoms with E-state index in [4.69, 9.17) is 0 Å². The summed E-state index contributed by atoms with van der Waals surface area (Å²) >= 11 is 0. The molecule has 0 amide bonds. The topological polar surface area (TPSA) is 9.86 Å². The first-order valence-electron chi connectivity index (χ1n) is 15.9. The summed E-state index contributed by atoms with van der Waals surface area (Å²) in [6.45, 7) is 4.62. The second-order valence-electron chi connectivity index (χ2n) is 12.5. The van der Waals surface area contributed by atoms with E-state index in [1.54, 1.807) is 0 Å². The lowest BCUT2D eigenvalue weighted by molar-refractivity contribution is 0.556. The Hall–Kier alpha value is -5.08. The highest BCUT2D eigenvalue weighted by Crippen LogP contribution is 2.37. The van der Waals surface area contributed by atoms with Gasteiger partial charge in [0, 0.05) is 32.9 Å². The van der Waals surface area contributed by atoms with Gasteiger partial charge in [-0.2, -0.15) is 0 Å². The normalized spacial score (nSPS) is 11.9. The molecule has 2 nitrogen and oxygen atoms in total. The average molecular weight is 569 g/mol. The minimum atomic E-state index is 0.743. The first-order valence-corrected chi connectivity index (χ1v) is 15.9. The van der Waals surface area contributed by atoms with Gasteiger partial charge >= 0.3 is 0 Å². The third kappa shape index (κ3) is 4.50. The third-order valence-corrected chi connectivity index (χ3v) is 9.11. The SMILES string of the molecule is CC(C)CCCc1cccc(-n2c3ccccc3c3cc(-c4cccc(-n5c6ccccc6c6ccccc65)c4)ccc32)c1. The Bertz CT molecular complexity index is 2240. The van der Waals surface area contributed by atoms with Crippen LogP contribution in [-0.4, -0.2) is 9.13 Å². The molecule has 2 heterocycles. The number of hydrogen-bond acceptors (Lipinski definition) is 0. The van der Waals surface area contributed by atoms with Gasteiger partial charge in [-0.05, 0) is 90.0 Å². The molecule has 8 aromatic rings. The van der Waals surface area contributed by atoms with Crippen LogP contribution in [0, 0.1) is 5.92 Å². The molecule has 0 N–H and O–H groups in total. The first-order chi connectivity index (χ1) is 21.7. The molecule has 0 saturated heterocycles. The summed E-state index contributed by atoms with van der Waals surface area (Å²) in [5.41, 5.74) is 11.2. The molecular weight excluding hydrogens is 532 g/mol. The molecule has 0 radical (unpaired) electrons. The summed E-state index contributed by atoms with van der Waals surface area (Å²) < 4.78 is 4.83. The van der Waals surface area contributed by atoms with Crippen molar-refractivity contribution in [3.8, 4) is 22.5 Å². The van der Waals surface area contributed by atoms with Crippen molar-refractivity contribution in [2.24, 2.45) is 5.92 Å². The molecule has 8 rings (SSSR count). The van der Waals surface area contributed by atoms with Crippen molar-refractivity contribution in [2.75, 3.05) is 0 Å². The van der Waals surface area contributed by atoms with Gasteiger partial charge in [-0.25, -0.2) is 0 Å². The van der Waals surface area contributed by atoms with E-state index in [0.29, 0.717) is 0 Å². The highest BCUT2D eigenvalue weighted by molar-refractivity contribution is 6.11. The maximum atomic E-state index is 2.44. The highest BCUT2D eigenvalue weighted by Gasteiger charge is 2.15. The molecule has 0 unspecified atom stereocenters. The monoisotopic (exact) mass is 568 g/mol. The lowest BCUT2D eigenvalue weighted by atomic mass is 10.0. The van der Waals surface area contributed by atoms with Gasteiger partial charge in [-0.3, -0.25) is 0 Å². The van der Waals surface area contributed by atoms with Gasteiger partial charge < -0.3 is 9.13 Å². The number of nitrogens with zero attached hydrogens (tertiary/aromatic N) is 2. The Labute approximate surface area is 258 Å². The molecule has 0 aliphatic rings. The molecule has 0 aliphatic heterocycles. The number of hydrogen-bond donors (Lipinski definition) is 0. The van der Waals surface area contributed by atoms with Crippen molar-refractivity contribution in [3.63, 3.8) is 0 Å². The van der Waals surface area contributed by atoms with Crippen LogP contribution in [0.15, 0.2) is 140 Å². The number of aromatic nitrogens is 2. The van der Waals surface area contributed by atoms with Crippen molar-refractivity contribution < 1.29 is 0 Å². The van der Waals surface area contributed by atoms with Crippen molar-refractivity contribution in [1.82, 2.24) is 9.13 Å². The van der Waals surface area contributed by atoms with Crippen LogP contribution in [0.2, 0.25) is 0 Å². The number of benzene rings is 6. The van der Waals surface area contributed by atoms with E-state index >= 15 is 0 Å². The summed E-state index contributed by atoms with van der Waals surface area (Å²) in [6, 6.07) is 51.3. The molecule has 2 aromatic heterocycles. The van der Waals surface area contributed by atoms with E-state index in [-0.39, 0.29) is 0 Å². The fourth-order valence-electron chi connectivity index (χ4n) is 7.02. The molecule has 6 aromatic carbocycles. The molecule has 0 fully saturated rings. The number of rotatable bonds is 7. The number of fused-ring (bicyclic) bond motifs is 6. The second kappa shape index (κ2) is 10.9. The molecule has 0 bridgehead atoms. The van der Waals surface area contributed by atoms with E-state index in [1.165, 1.54) is 84.5 Å². The van der Waals surface area contributed by atoms with Crippen LogP contribution in [0.4, 0.5) is 0 Å². The van der Waals surface area contributed by atoms with Crippen LogP contribution in [-0.2, 0) is 6.42 Å². The predicted molar refractivity (Wildman–Crippen MR) is 188 cm³/mol. The summed E-state index contributed by atoms with van der Waals surface area (Å²) in [6.07, 6.45) is 3.61. The third-order valence-electron chi connectivity index (χ3n) is 9.11. The van der Waals surface area contributed by atoms with E-state index in [2.05, 4.69) is 163 Å². The standard InChI is InChI=1S/C42H36N2/c1-29(2)12-9-13-30-14-10-16-33(26-30)43-41-23-8-5-20-37(41)38-28-32(24-25-42(38)43)31-15-11-17-34(27-31)44-39-21-6-3-18-35(39)36-19-4-7-22-40(36)44/h3-8,10-11,14-29H,9,12-13H2,1-2H3. The van der Waals surface area contributed by atoms with Crippen LogP contribution in [0.3, 0.4) is 0 Å². The summed E-state index contributed by atoms with van der Waals surface area (Å²) in [7, 11) is 0. The fourth-order valence-corrected chi connectivity index (χ4v) is 7.02. The van der Waals surface area contributed by atoms with Gasteiger partial charge in [0.15, 0.2) is 0 Å². The zero-order chi connectivity index (χ0) is 29.6. The van der Waals surface area contributed by atoms with Crippen molar-refractivity contribution in [2.45, 2.75) is 33.1 Å². The molecule has 0 atom stereocenters. The van der Waals surface area contributed by atoms with E-state index in [9.17, 15) is 0 Å². The van der Waals surface area contributed by atoms with Gasteiger partial charge in [0.25, 0.3) is 0 Å². The lowest BCUT2D eigenvalue weighted by Gasteiger charge is -2.12. The maximum Gasteiger partial charge on any atom is 0.0541 e. The first kappa shape index (κ1) is 26.5. The minimum Gasteiger partial charge on any atom is -0.309 e. The van der Waals surface area contributed by atoms with E-state index < -0.39 is 0 Å². The molecule has 214 valence electrons. The molecule has 44 heavy (non-hydrogen) atoms. The van der Waals surface area contributed by atoms with Crippen LogP contribution in [0.5, 0.6) is 0 Å². The van der Waals surface area contributed by atoms with Crippen LogP contribution in [0.1, 0.15) is 32.3 Å². The largest absolute Gasteiger partial charge is 0.309 e. The second-order valence-corrected chi connectivity index (χ2v) is 12.5. The smallest absolute Gasteiger partial charge is 0.0541 e. The quantitative estimate of drug-likeness (QED) is 0.181. The predicted octanol–water partition coefficient (Wildman–Crippen LogP) is 11.5. The Morgan fingerprint density at radius 2 is 0.977 bits per heavy atom. The zero-order valence-electron chi connectivity index (χ0n) is 25.4. The molecule has 0 spiro atoms. The van der Waals surface area contributed by atoms with Crippen molar-refractivity contribution >= 4 is 43.6 Å². The van der Waals surface area contributed by atoms with Crippen LogP contribution in [0.25, 0.3) is 66.1 Å². The Balaban J connectivity index is 1.24. The molecular formula is C42H36N2. The van der Waals surface area contributed by atoms with Gasteiger partial charge in [-0.15, -0.1) is 0 Å². The Kier molecular flexibility index (Phi) is 6.56. The fraction of sp³-hybridized carbons (Fsp3) is 0.143. The molecule has 2 heteroatoms. The zero-order valence-corrected chi connectivity index (χ0v) is 25.4. The average Bonchev–Trinajstić information content (AvgIpc) is 3.57. The van der Waals surface area contributed by atoms with Crippen LogP contribution < -0.4 is 0 Å². The molecule has 0 saturated carbocycles. The minimum absolute atomic E-state index is 0.743. The van der Waals surface area contributed by atoms with E-state index in [0.717, 1.165) is 12.3 Å². The van der Waals surface area contributed by atoms with Gasteiger partial charge in [0.1, 0.15) is 0 Å². The van der Waals surface area contributed by atoms with Gasteiger partial charge in [-0.1, -0.05) is 105 Å². The van der Waals surface area contributed by atoms with Crippen molar-refractivity contribution in [1.29, 1.82) is 0 Å². The van der Waals surface area contributed by atoms with Crippen molar-refractivity contribution in [3.05, 3.63) is 145 Å². The van der Waals surface area contributed by atoms with Gasteiger partial charge in [0.05, 0.1) is 22.1 Å². The highest BCUT2D eigenvalue weighted by atomic mass is 15.0. The number of para-hydroxylation sites is 3. The summed E-state index contributed by atoms with van der Waals surface area (Å²) in [5, 5.41) is 5.14. The van der Waals surface area contributed by atoms with Gasteiger partial charge in [0.2, 0.25) is 0 Å². The molecule has 0 aliphatic carbocycles. The maximum absolute atomic E-state index is 2.44. The lowest BCUT2D eigenvalue weighted by Crippen LogP contribution is -1.96. The Morgan fingerprint density at radius 1 is 0.455 bits per heavy atom.